The van der Waals surface area contributed by atoms with Crippen molar-refractivity contribution in [2.45, 2.75) is 31.8 Å². The normalized spacial score (nSPS) is 15.6. The number of hydrogen-bond acceptors (Lipinski definition) is 2. The molecule has 1 heterocycles. The third-order valence-corrected chi connectivity index (χ3v) is 4.01. The topological polar surface area (TPSA) is 54.3 Å². The predicted octanol–water partition coefficient (Wildman–Crippen LogP) is 2.52. The molecule has 0 atom stereocenters. The first-order valence-electron chi connectivity index (χ1n) is 6.70. The van der Waals surface area contributed by atoms with Crippen LogP contribution in [0.1, 0.15) is 35.2 Å². The highest BCUT2D eigenvalue weighted by Crippen LogP contribution is 2.24. The summed E-state index contributed by atoms with van der Waals surface area (Å²) in [6, 6.07) is 5.95. The highest BCUT2D eigenvalue weighted by Gasteiger charge is 2.17. The molecular formula is C15H18N2O2. The highest BCUT2D eigenvalue weighted by atomic mass is 16.4. The van der Waals surface area contributed by atoms with Gasteiger partial charge in [0.15, 0.2) is 0 Å². The van der Waals surface area contributed by atoms with Crippen LogP contribution in [0.2, 0.25) is 0 Å². The Kier molecular flexibility index (Phi) is 3.03. The van der Waals surface area contributed by atoms with Gasteiger partial charge in [0, 0.05) is 36.7 Å². The number of aromatic nitrogens is 1. The third-order valence-electron chi connectivity index (χ3n) is 4.01. The molecule has 1 saturated carbocycles. The van der Waals surface area contributed by atoms with Crippen LogP contribution in [0.5, 0.6) is 0 Å². The average molecular weight is 258 g/mol. The number of nitrogens with one attached hydrogen (secondary N) is 1. The van der Waals surface area contributed by atoms with Crippen molar-refractivity contribution in [2.75, 3.05) is 0 Å². The van der Waals surface area contributed by atoms with Crippen LogP contribution in [-0.4, -0.2) is 21.7 Å². The Bertz CT molecular complexity index is 626. The van der Waals surface area contributed by atoms with Crippen LogP contribution in [-0.2, 0) is 13.6 Å². The number of nitrogens with zero attached hydrogens (tertiary/aromatic N) is 1. The zero-order chi connectivity index (χ0) is 13.4. The molecule has 0 unspecified atom stereocenters. The van der Waals surface area contributed by atoms with Crippen molar-refractivity contribution in [3.8, 4) is 0 Å². The fourth-order valence-electron chi connectivity index (χ4n) is 2.61. The summed E-state index contributed by atoms with van der Waals surface area (Å²) >= 11 is 0. The van der Waals surface area contributed by atoms with Gasteiger partial charge in [-0.25, -0.2) is 4.79 Å². The van der Waals surface area contributed by atoms with E-state index >= 15 is 0 Å². The van der Waals surface area contributed by atoms with E-state index in [1.807, 2.05) is 13.1 Å². The number of aryl methyl sites for hydroxylation is 1. The van der Waals surface area contributed by atoms with Crippen LogP contribution >= 0.6 is 0 Å². The minimum Gasteiger partial charge on any atom is -0.478 e. The fraction of sp³-hybridized carbons (Fsp3) is 0.400. The Morgan fingerprint density at radius 2 is 2.26 bits per heavy atom. The van der Waals surface area contributed by atoms with E-state index in [4.69, 9.17) is 5.11 Å². The monoisotopic (exact) mass is 258 g/mol. The molecule has 4 nitrogen and oxygen atoms in total. The molecule has 2 aromatic rings. The lowest BCUT2D eigenvalue weighted by Gasteiger charge is -2.26. The number of fused-ring (bicyclic) bond motifs is 1. The molecule has 0 bridgehead atoms. The minimum atomic E-state index is -0.872. The molecule has 0 saturated heterocycles. The molecule has 0 amide bonds. The molecule has 3 rings (SSSR count). The van der Waals surface area contributed by atoms with Crippen LogP contribution in [0.25, 0.3) is 10.9 Å². The molecule has 1 aromatic carbocycles. The Morgan fingerprint density at radius 1 is 1.47 bits per heavy atom. The molecule has 0 spiro atoms. The van der Waals surface area contributed by atoms with Gasteiger partial charge in [0.25, 0.3) is 0 Å². The number of rotatable bonds is 4. The molecule has 1 fully saturated rings. The zero-order valence-corrected chi connectivity index (χ0v) is 11.0. The predicted molar refractivity (Wildman–Crippen MR) is 74.4 cm³/mol. The lowest BCUT2D eigenvalue weighted by Crippen LogP contribution is -2.34. The summed E-state index contributed by atoms with van der Waals surface area (Å²) in [5.41, 5.74) is 2.60. The van der Waals surface area contributed by atoms with Gasteiger partial charge in [0.05, 0.1) is 5.56 Å². The van der Waals surface area contributed by atoms with E-state index in [0.29, 0.717) is 11.6 Å². The number of hydrogen-bond donors (Lipinski definition) is 2. The molecule has 4 heteroatoms. The van der Waals surface area contributed by atoms with Crippen molar-refractivity contribution < 1.29 is 9.90 Å². The summed E-state index contributed by atoms with van der Waals surface area (Å²) in [6.07, 6.45) is 5.91. The summed E-state index contributed by atoms with van der Waals surface area (Å²) in [5, 5.41) is 13.6. The fourth-order valence-corrected chi connectivity index (χ4v) is 2.61. The SMILES string of the molecule is Cn1cc(CNC2CCC2)c2cc(C(=O)O)ccc21. The summed E-state index contributed by atoms with van der Waals surface area (Å²) < 4.78 is 2.05. The van der Waals surface area contributed by atoms with E-state index < -0.39 is 5.97 Å². The lowest BCUT2D eigenvalue weighted by atomic mass is 9.93. The van der Waals surface area contributed by atoms with Gasteiger partial charge in [0.1, 0.15) is 0 Å². The molecule has 1 aliphatic carbocycles. The van der Waals surface area contributed by atoms with Crippen molar-refractivity contribution in [2.24, 2.45) is 7.05 Å². The number of carboxylic acids is 1. The van der Waals surface area contributed by atoms with Crippen LogP contribution < -0.4 is 5.32 Å². The second kappa shape index (κ2) is 4.70. The van der Waals surface area contributed by atoms with Gasteiger partial charge in [-0.1, -0.05) is 6.42 Å². The van der Waals surface area contributed by atoms with Gasteiger partial charge in [0.2, 0.25) is 0 Å². The highest BCUT2D eigenvalue weighted by molar-refractivity contribution is 5.94. The summed E-state index contributed by atoms with van der Waals surface area (Å²) in [6.45, 7) is 0.811. The van der Waals surface area contributed by atoms with Crippen molar-refractivity contribution in [3.05, 3.63) is 35.5 Å². The van der Waals surface area contributed by atoms with Crippen LogP contribution in [0.4, 0.5) is 0 Å². The van der Waals surface area contributed by atoms with Gasteiger partial charge in [-0.3, -0.25) is 0 Å². The molecular weight excluding hydrogens is 240 g/mol. The first-order valence-corrected chi connectivity index (χ1v) is 6.70. The molecule has 1 aliphatic rings. The number of carboxylic acid groups (broad SMARTS) is 1. The summed E-state index contributed by atoms with van der Waals surface area (Å²) in [4.78, 5) is 11.1. The molecule has 0 aliphatic heterocycles. The third kappa shape index (κ3) is 2.24. The zero-order valence-electron chi connectivity index (χ0n) is 11.0. The molecule has 0 radical (unpaired) electrons. The maximum atomic E-state index is 11.1. The van der Waals surface area contributed by atoms with Crippen molar-refractivity contribution >= 4 is 16.9 Å². The molecule has 100 valence electrons. The van der Waals surface area contributed by atoms with Gasteiger partial charge in [-0.2, -0.15) is 0 Å². The van der Waals surface area contributed by atoms with Gasteiger partial charge in [-0.05, 0) is 36.6 Å². The standard InChI is InChI=1S/C15H18N2O2/c1-17-9-11(8-16-12-3-2-4-12)13-7-10(15(18)19)5-6-14(13)17/h5-7,9,12,16H,2-4,8H2,1H3,(H,18,19). The Balaban J connectivity index is 1.92. The Hall–Kier alpha value is -1.81. The van der Waals surface area contributed by atoms with E-state index in [-0.39, 0.29) is 0 Å². The maximum Gasteiger partial charge on any atom is 0.335 e. The van der Waals surface area contributed by atoms with Crippen molar-refractivity contribution in [1.29, 1.82) is 0 Å². The number of benzene rings is 1. The summed E-state index contributed by atoms with van der Waals surface area (Å²) in [7, 11) is 2.00. The van der Waals surface area contributed by atoms with Gasteiger partial charge in [-0.15, -0.1) is 0 Å². The second-order valence-corrected chi connectivity index (χ2v) is 5.31. The Morgan fingerprint density at radius 3 is 2.89 bits per heavy atom. The van der Waals surface area contributed by atoms with E-state index in [9.17, 15) is 4.79 Å². The van der Waals surface area contributed by atoms with Crippen LogP contribution in [0.15, 0.2) is 24.4 Å². The first kappa shape index (κ1) is 12.2. The first-order chi connectivity index (χ1) is 9.15. The van der Waals surface area contributed by atoms with Crippen molar-refractivity contribution in [1.82, 2.24) is 9.88 Å². The summed E-state index contributed by atoms with van der Waals surface area (Å²) in [5.74, 6) is -0.872. The van der Waals surface area contributed by atoms with Crippen LogP contribution in [0.3, 0.4) is 0 Å². The number of carbonyl (C=O) groups is 1. The molecule has 1 aromatic heterocycles. The maximum absolute atomic E-state index is 11.1. The Labute approximate surface area is 112 Å². The minimum absolute atomic E-state index is 0.351. The average Bonchev–Trinajstić information content (AvgIpc) is 2.64. The number of aromatic carboxylic acids is 1. The molecule has 2 N–H and O–H groups in total. The van der Waals surface area contributed by atoms with Crippen LogP contribution in [0, 0.1) is 0 Å². The smallest absolute Gasteiger partial charge is 0.335 e. The lowest BCUT2D eigenvalue weighted by molar-refractivity contribution is 0.0697. The molecule has 19 heavy (non-hydrogen) atoms. The quantitative estimate of drug-likeness (QED) is 0.886. The van der Waals surface area contributed by atoms with E-state index in [1.54, 1.807) is 12.1 Å². The van der Waals surface area contributed by atoms with Gasteiger partial charge < -0.3 is 15.0 Å². The van der Waals surface area contributed by atoms with Gasteiger partial charge >= 0.3 is 5.97 Å². The largest absolute Gasteiger partial charge is 0.478 e. The second-order valence-electron chi connectivity index (χ2n) is 5.31. The van der Waals surface area contributed by atoms with E-state index in [0.717, 1.165) is 17.4 Å². The van der Waals surface area contributed by atoms with E-state index in [1.165, 1.54) is 24.8 Å². The van der Waals surface area contributed by atoms with Crippen molar-refractivity contribution in [3.63, 3.8) is 0 Å². The van der Waals surface area contributed by atoms with E-state index in [2.05, 4.69) is 16.1 Å².